The molecule has 0 saturated carbocycles. The summed E-state index contributed by atoms with van der Waals surface area (Å²) < 4.78 is 5.52. The zero-order valence-corrected chi connectivity index (χ0v) is 16.2. The highest BCUT2D eigenvalue weighted by atomic mass is 16.5. The van der Waals surface area contributed by atoms with Gasteiger partial charge in [0.2, 0.25) is 5.91 Å². The maximum atomic E-state index is 12.8. The van der Waals surface area contributed by atoms with Crippen LogP contribution in [-0.2, 0) is 16.1 Å². The standard InChI is InChI=1S/C24H20N2O4/c27-22-15-20(23(28)26(22)16-17-9-3-1-4-10-17)25-19-13-7-8-14-21(19)30-24(29)18-11-5-2-6-12-18/h1-14,20,25H,15-16H2. The first-order valence-electron chi connectivity index (χ1n) is 9.63. The Bertz CT molecular complexity index is 1070. The van der Waals surface area contributed by atoms with E-state index in [-0.39, 0.29) is 24.8 Å². The topological polar surface area (TPSA) is 75.7 Å². The predicted molar refractivity (Wildman–Crippen MR) is 112 cm³/mol. The minimum Gasteiger partial charge on any atom is -0.421 e. The lowest BCUT2D eigenvalue weighted by molar-refractivity contribution is -0.139. The van der Waals surface area contributed by atoms with Crippen molar-refractivity contribution >= 4 is 23.5 Å². The number of imide groups is 1. The molecule has 0 aliphatic carbocycles. The fraction of sp³-hybridized carbons (Fsp3) is 0.125. The molecule has 1 fully saturated rings. The first kappa shape index (κ1) is 19.4. The average Bonchev–Trinajstić information content (AvgIpc) is 3.04. The van der Waals surface area contributed by atoms with Gasteiger partial charge in [0.05, 0.1) is 24.2 Å². The molecule has 1 aliphatic rings. The Kier molecular flexibility index (Phi) is 5.57. The molecule has 1 heterocycles. The highest BCUT2D eigenvalue weighted by molar-refractivity contribution is 6.07. The van der Waals surface area contributed by atoms with Crippen molar-refractivity contribution in [1.82, 2.24) is 4.90 Å². The normalized spacial score (nSPS) is 15.9. The van der Waals surface area contributed by atoms with Gasteiger partial charge in [-0.15, -0.1) is 0 Å². The van der Waals surface area contributed by atoms with E-state index in [9.17, 15) is 14.4 Å². The molecule has 1 atom stereocenters. The first-order valence-corrected chi connectivity index (χ1v) is 9.63. The summed E-state index contributed by atoms with van der Waals surface area (Å²) in [6, 6.07) is 24.2. The van der Waals surface area contributed by atoms with Gasteiger partial charge in [0.1, 0.15) is 6.04 Å². The summed E-state index contributed by atoms with van der Waals surface area (Å²) in [4.78, 5) is 38.9. The first-order chi connectivity index (χ1) is 14.6. The van der Waals surface area contributed by atoms with Crippen molar-refractivity contribution in [3.63, 3.8) is 0 Å². The molecule has 3 aromatic carbocycles. The zero-order valence-electron chi connectivity index (χ0n) is 16.2. The van der Waals surface area contributed by atoms with E-state index < -0.39 is 12.0 Å². The number of para-hydroxylation sites is 2. The third-order valence-electron chi connectivity index (χ3n) is 4.86. The van der Waals surface area contributed by atoms with Gasteiger partial charge in [-0.1, -0.05) is 60.7 Å². The number of rotatable bonds is 6. The molecule has 0 spiro atoms. The van der Waals surface area contributed by atoms with Crippen LogP contribution >= 0.6 is 0 Å². The molecular formula is C24H20N2O4. The van der Waals surface area contributed by atoms with Crippen LogP contribution in [0, 0.1) is 0 Å². The molecule has 1 N–H and O–H groups in total. The summed E-state index contributed by atoms with van der Waals surface area (Å²) in [6.07, 6.45) is 0.0482. The SMILES string of the molecule is O=C(Oc1ccccc1NC1CC(=O)N(Cc2ccccc2)C1=O)c1ccccc1. The molecule has 3 aromatic rings. The summed E-state index contributed by atoms with van der Waals surface area (Å²) in [5, 5.41) is 3.07. The maximum Gasteiger partial charge on any atom is 0.343 e. The zero-order chi connectivity index (χ0) is 20.9. The van der Waals surface area contributed by atoms with Crippen molar-refractivity contribution in [3.8, 4) is 5.75 Å². The number of hydrogen-bond acceptors (Lipinski definition) is 5. The summed E-state index contributed by atoms with van der Waals surface area (Å²) in [5.74, 6) is -0.731. The molecule has 2 amide bonds. The second kappa shape index (κ2) is 8.61. The second-order valence-corrected chi connectivity index (χ2v) is 6.96. The van der Waals surface area contributed by atoms with E-state index in [4.69, 9.17) is 4.74 Å². The molecular weight excluding hydrogens is 380 g/mol. The van der Waals surface area contributed by atoms with Gasteiger partial charge < -0.3 is 10.1 Å². The highest BCUT2D eigenvalue weighted by Crippen LogP contribution is 2.28. The molecule has 0 aromatic heterocycles. The van der Waals surface area contributed by atoms with Crippen molar-refractivity contribution in [1.29, 1.82) is 0 Å². The molecule has 6 nitrogen and oxygen atoms in total. The number of esters is 1. The molecule has 1 unspecified atom stereocenters. The minimum absolute atomic E-state index is 0.0482. The number of nitrogens with zero attached hydrogens (tertiary/aromatic N) is 1. The van der Waals surface area contributed by atoms with Gasteiger partial charge in [-0.25, -0.2) is 4.79 Å². The van der Waals surface area contributed by atoms with Gasteiger partial charge >= 0.3 is 5.97 Å². The monoisotopic (exact) mass is 400 g/mol. The van der Waals surface area contributed by atoms with Crippen LogP contribution in [0.15, 0.2) is 84.9 Å². The molecule has 30 heavy (non-hydrogen) atoms. The van der Waals surface area contributed by atoms with Crippen molar-refractivity contribution in [2.24, 2.45) is 0 Å². The number of benzene rings is 3. The minimum atomic E-state index is -0.710. The summed E-state index contributed by atoms with van der Waals surface area (Å²) in [6.45, 7) is 0.237. The van der Waals surface area contributed by atoms with E-state index in [1.54, 1.807) is 48.5 Å². The van der Waals surface area contributed by atoms with Gasteiger partial charge in [0.25, 0.3) is 5.91 Å². The number of hydrogen-bond donors (Lipinski definition) is 1. The Labute approximate surface area is 174 Å². The Morgan fingerprint density at radius 3 is 2.27 bits per heavy atom. The average molecular weight is 400 g/mol. The summed E-state index contributed by atoms with van der Waals surface area (Å²) in [7, 11) is 0. The van der Waals surface area contributed by atoms with Crippen molar-refractivity contribution in [3.05, 3.63) is 96.1 Å². The van der Waals surface area contributed by atoms with Crippen LogP contribution in [0.25, 0.3) is 0 Å². The van der Waals surface area contributed by atoms with Crippen LogP contribution in [0.1, 0.15) is 22.3 Å². The number of anilines is 1. The largest absolute Gasteiger partial charge is 0.421 e. The lowest BCUT2D eigenvalue weighted by Crippen LogP contribution is -2.34. The van der Waals surface area contributed by atoms with Crippen molar-refractivity contribution in [2.75, 3.05) is 5.32 Å². The van der Waals surface area contributed by atoms with E-state index in [0.29, 0.717) is 17.0 Å². The van der Waals surface area contributed by atoms with E-state index in [1.807, 2.05) is 36.4 Å². The fourth-order valence-electron chi connectivity index (χ4n) is 3.32. The number of carbonyl (C=O) groups excluding carboxylic acids is 3. The molecule has 6 heteroatoms. The quantitative estimate of drug-likeness (QED) is 0.388. The Morgan fingerprint density at radius 1 is 0.900 bits per heavy atom. The van der Waals surface area contributed by atoms with Crippen molar-refractivity contribution in [2.45, 2.75) is 19.0 Å². The van der Waals surface area contributed by atoms with Crippen LogP contribution < -0.4 is 10.1 Å². The highest BCUT2D eigenvalue weighted by Gasteiger charge is 2.38. The van der Waals surface area contributed by atoms with E-state index >= 15 is 0 Å². The third-order valence-corrected chi connectivity index (χ3v) is 4.86. The molecule has 4 rings (SSSR count). The van der Waals surface area contributed by atoms with Crippen LogP contribution in [-0.4, -0.2) is 28.7 Å². The van der Waals surface area contributed by atoms with Crippen LogP contribution in [0.2, 0.25) is 0 Å². The molecule has 0 radical (unpaired) electrons. The van der Waals surface area contributed by atoms with Gasteiger partial charge in [0, 0.05) is 0 Å². The maximum absolute atomic E-state index is 12.8. The van der Waals surface area contributed by atoms with Gasteiger partial charge in [-0.2, -0.15) is 0 Å². The molecule has 1 saturated heterocycles. The number of amides is 2. The van der Waals surface area contributed by atoms with E-state index in [0.717, 1.165) is 5.56 Å². The second-order valence-electron chi connectivity index (χ2n) is 6.96. The van der Waals surface area contributed by atoms with Crippen LogP contribution in [0.5, 0.6) is 5.75 Å². The van der Waals surface area contributed by atoms with Gasteiger partial charge in [-0.05, 0) is 29.8 Å². The molecule has 0 bridgehead atoms. The summed E-state index contributed by atoms with van der Waals surface area (Å²) >= 11 is 0. The summed E-state index contributed by atoms with van der Waals surface area (Å²) in [5.41, 5.74) is 1.79. The fourth-order valence-corrected chi connectivity index (χ4v) is 3.32. The van der Waals surface area contributed by atoms with Gasteiger partial charge in [0.15, 0.2) is 5.75 Å². The Balaban J connectivity index is 1.48. The lowest BCUT2D eigenvalue weighted by atomic mass is 10.2. The number of carbonyl (C=O) groups is 3. The van der Waals surface area contributed by atoms with E-state index in [2.05, 4.69) is 5.32 Å². The van der Waals surface area contributed by atoms with Gasteiger partial charge in [-0.3, -0.25) is 14.5 Å². The molecule has 1 aliphatic heterocycles. The number of nitrogens with one attached hydrogen (secondary N) is 1. The smallest absolute Gasteiger partial charge is 0.343 e. The van der Waals surface area contributed by atoms with Crippen LogP contribution in [0.3, 0.4) is 0 Å². The number of ether oxygens (including phenoxy) is 1. The lowest BCUT2D eigenvalue weighted by Gasteiger charge is -2.17. The Morgan fingerprint density at radius 2 is 1.53 bits per heavy atom. The molecule has 150 valence electrons. The van der Waals surface area contributed by atoms with Crippen LogP contribution in [0.4, 0.5) is 5.69 Å². The Hall–Kier alpha value is -3.93. The third kappa shape index (κ3) is 4.22. The predicted octanol–water partition coefficient (Wildman–Crippen LogP) is 3.65. The number of likely N-dealkylation sites (tertiary alicyclic amines) is 1. The van der Waals surface area contributed by atoms with Crippen molar-refractivity contribution < 1.29 is 19.1 Å². The van der Waals surface area contributed by atoms with E-state index in [1.165, 1.54) is 4.90 Å².